The van der Waals surface area contributed by atoms with Crippen molar-refractivity contribution in [3.05, 3.63) is 78.0 Å². The predicted octanol–water partition coefficient (Wildman–Crippen LogP) is 4.05. The van der Waals surface area contributed by atoms with Crippen molar-refractivity contribution >= 4 is 32.5 Å². The van der Waals surface area contributed by atoms with Crippen LogP contribution in [0.5, 0.6) is 5.75 Å². The molecule has 7 nitrogen and oxygen atoms in total. The molecule has 0 spiro atoms. The van der Waals surface area contributed by atoms with Crippen LogP contribution in [0, 0.1) is 11.6 Å². The summed E-state index contributed by atoms with van der Waals surface area (Å²) in [5.41, 5.74) is 7.47. The lowest BCUT2D eigenvalue weighted by molar-refractivity contribution is 0.0994. The molecule has 0 saturated carbocycles. The molecule has 33 heavy (non-hydrogen) atoms. The number of aromatic nitrogens is 1. The zero-order valence-corrected chi connectivity index (χ0v) is 18.4. The molecule has 0 saturated heterocycles. The quantitative estimate of drug-likeness (QED) is 0.443. The summed E-state index contributed by atoms with van der Waals surface area (Å²) in [6.07, 6.45) is 1.01. The molecular formula is C23H19F2N3O4S. The molecule has 0 aliphatic heterocycles. The van der Waals surface area contributed by atoms with Crippen LogP contribution in [0.25, 0.3) is 27.7 Å². The number of nitrogens with two attached hydrogens (primary N) is 1. The average Bonchev–Trinajstić information content (AvgIpc) is 3.10. The third kappa shape index (κ3) is 4.37. The number of methoxy groups -OCH3 is 1. The number of anilines is 1. The minimum Gasteiger partial charge on any atom is -0.495 e. The number of ether oxygens (including phenoxy) is 1. The Labute approximate surface area is 188 Å². The molecule has 10 heteroatoms. The smallest absolute Gasteiger partial charge is 0.265 e. The fourth-order valence-electron chi connectivity index (χ4n) is 3.68. The Balaban J connectivity index is 1.97. The zero-order chi connectivity index (χ0) is 23.9. The monoisotopic (exact) mass is 471 g/mol. The van der Waals surface area contributed by atoms with Crippen LogP contribution in [-0.4, -0.2) is 32.3 Å². The number of fused-ring (bicyclic) bond motifs is 1. The van der Waals surface area contributed by atoms with Gasteiger partial charge in [-0.05, 0) is 48.0 Å². The van der Waals surface area contributed by atoms with Gasteiger partial charge in [0, 0.05) is 22.7 Å². The summed E-state index contributed by atoms with van der Waals surface area (Å²) in [5.74, 6) is -1.90. The first-order valence-electron chi connectivity index (χ1n) is 9.64. The minimum atomic E-state index is -3.62. The van der Waals surface area contributed by atoms with E-state index in [0.717, 1.165) is 18.4 Å². The number of hydrogen-bond acceptors (Lipinski definition) is 4. The molecule has 0 unspecified atom stereocenters. The van der Waals surface area contributed by atoms with Crippen LogP contribution in [0.3, 0.4) is 0 Å². The van der Waals surface area contributed by atoms with E-state index in [1.165, 1.54) is 23.8 Å². The van der Waals surface area contributed by atoms with Crippen LogP contribution in [0.15, 0.2) is 60.7 Å². The van der Waals surface area contributed by atoms with Gasteiger partial charge in [0.25, 0.3) is 5.91 Å². The molecule has 1 aromatic heterocycles. The first-order valence-corrected chi connectivity index (χ1v) is 11.5. The van der Waals surface area contributed by atoms with E-state index < -0.39 is 27.6 Å². The molecule has 4 rings (SSSR count). The van der Waals surface area contributed by atoms with Gasteiger partial charge in [-0.15, -0.1) is 0 Å². The summed E-state index contributed by atoms with van der Waals surface area (Å²) in [4.78, 5) is 12.2. The molecule has 1 amide bonds. The van der Waals surface area contributed by atoms with Gasteiger partial charge >= 0.3 is 0 Å². The Morgan fingerprint density at radius 3 is 2.45 bits per heavy atom. The maximum absolute atomic E-state index is 14.4. The highest BCUT2D eigenvalue weighted by atomic mass is 32.2. The molecular weight excluding hydrogens is 452 g/mol. The van der Waals surface area contributed by atoms with Crippen molar-refractivity contribution in [3.8, 4) is 22.6 Å². The van der Waals surface area contributed by atoms with E-state index in [4.69, 9.17) is 10.5 Å². The SMILES string of the molecule is COc1cc2cc(C(N)=O)n(-c3cccc(-c4ccc(F)cc4F)c3)c2cc1NS(C)(=O)=O. The van der Waals surface area contributed by atoms with E-state index in [9.17, 15) is 22.0 Å². The Morgan fingerprint density at radius 1 is 1.06 bits per heavy atom. The highest BCUT2D eigenvalue weighted by Gasteiger charge is 2.19. The summed E-state index contributed by atoms with van der Waals surface area (Å²) in [6.45, 7) is 0. The van der Waals surface area contributed by atoms with Crippen molar-refractivity contribution in [2.45, 2.75) is 0 Å². The Hall–Kier alpha value is -3.92. The molecule has 1 heterocycles. The number of carbonyl (C=O) groups is 1. The molecule has 0 bridgehead atoms. The maximum atomic E-state index is 14.4. The van der Waals surface area contributed by atoms with E-state index >= 15 is 0 Å². The lowest BCUT2D eigenvalue weighted by Crippen LogP contribution is -2.16. The molecule has 170 valence electrons. The number of sulfonamides is 1. The summed E-state index contributed by atoms with van der Waals surface area (Å²) in [5, 5.41) is 0.568. The number of nitrogens with one attached hydrogen (secondary N) is 1. The van der Waals surface area contributed by atoms with Gasteiger partial charge in [-0.25, -0.2) is 17.2 Å². The van der Waals surface area contributed by atoms with Gasteiger partial charge < -0.3 is 15.0 Å². The van der Waals surface area contributed by atoms with E-state index in [1.54, 1.807) is 36.4 Å². The normalized spacial score (nSPS) is 11.5. The largest absolute Gasteiger partial charge is 0.495 e. The Morgan fingerprint density at radius 2 is 1.82 bits per heavy atom. The molecule has 0 radical (unpaired) electrons. The van der Waals surface area contributed by atoms with Crippen LogP contribution in [0.4, 0.5) is 14.5 Å². The van der Waals surface area contributed by atoms with Gasteiger partial charge in [-0.3, -0.25) is 9.52 Å². The molecule has 0 atom stereocenters. The highest BCUT2D eigenvalue weighted by molar-refractivity contribution is 7.92. The molecule has 0 aliphatic rings. The van der Waals surface area contributed by atoms with Crippen LogP contribution in [-0.2, 0) is 10.0 Å². The van der Waals surface area contributed by atoms with Crippen molar-refractivity contribution in [2.75, 3.05) is 18.1 Å². The first-order chi connectivity index (χ1) is 15.6. The molecule has 0 aliphatic carbocycles. The van der Waals surface area contributed by atoms with Gasteiger partial charge in [0.2, 0.25) is 10.0 Å². The van der Waals surface area contributed by atoms with Crippen molar-refractivity contribution in [3.63, 3.8) is 0 Å². The first kappa shape index (κ1) is 22.3. The second-order valence-electron chi connectivity index (χ2n) is 7.39. The summed E-state index contributed by atoms with van der Waals surface area (Å²) in [6, 6.07) is 14.5. The van der Waals surface area contributed by atoms with Crippen LogP contribution in [0.2, 0.25) is 0 Å². The van der Waals surface area contributed by atoms with Crippen molar-refractivity contribution in [1.82, 2.24) is 4.57 Å². The molecule has 3 N–H and O–H groups in total. The van der Waals surface area contributed by atoms with E-state index in [-0.39, 0.29) is 22.7 Å². The number of benzene rings is 3. The lowest BCUT2D eigenvalue weighted by Gasteiger charge is -2.14. The third-order valence-electron chi connectivity index (χ3n) is 5.02. The molecule has 3 aromatic carbocycles. The zero-order valence-electron chi connectivity index (χ0n) is 17.6. The summed E-state index contributed by atoms with van der Waals surface area (Å²) in [7, 11) is -2.23. The second kappa shape index (κ2) is 8.21. The molecule has 4 aromatic rings. The number of hydrogen-bond donors (Lipinski definition) is 2. The van der Waals surface area contributed by atoms with E-state index in [0.29, 0.717) is 22.2 Å². The van der Waals surface area contributed by atoms with Crippen molar-refractivity contribution in [2.24, 2.45) is 5.73 Å². The highest BCUT2D eigenvalue weighted by Crippen LogP contribution is 2.35. The average molecular weight is 471 g/mol. The number of halogens is 2. The Kier molecular flexibility index (Phi) is 5.54. The van der Waals surface area contributed by atoms with E-state index in [2.05, 4.69) is 4.72 Å². The number of amides is 1. The van der Waals surface area contributed by atoms with Crippen LogP contribution in [0.1, 0.15) is 10.5 Å². The molecule has 0 fully saturated rings. The summed E-state index contributed by atoms with van der Waals surface area (Å²) < 4.78 is 60.6. The van der Waals surface area contributed by atoms with Crippen molar-refractivity contribution in [1.29, 1.82) is 0 Å². The predicted molar refractivity (Wildman–Crippen MR) is 122 cm³/mol. The number of rotatable bonds is 6. The maximum Gasteiger partial charge on any atom is 0.265 e. The number of carbonyl (C=O) groups excluding carboxylic acids is 1. The fourth-order valence-corrected chi connectivity index (χ4v) is 4.24. The number of primary amides is 1. The van der Waals surface area contributed by atoms with Crippen LogP contribution < -0.4 is 15.2 Å². The minimum absolute atomic E-state index is 0.125. The topological polar surface area (TPSA) is 103 Å². The third-order valence-corrected chi connectivity index (χ3v) is 5.61. The van der Waals surface area contributed by atoms with Gasteiger partial charge in [0.1, 0.15) is 23.1 Å². The summed E-state index contributed by atoms with van der Waals surface area (Å²) >= 11 is 0. The second-order valence-corrected chi connectivity index (χ2v) is 9.14. The van der Waals surface area contributed by atoms with Gasteiger partial charge in [0.15, 0.2) is 0 Å². The van der Waals surface area contributed by atoms with Gasteiger partial charge in [-0.2, -0.15) is 0 Å². The lowest BCUT2D eigenvalue weighted by atomic mass is 10.0. The van der Waals surface area contributed by atoms with Crippen molar-refractivity contribution < 1.29 is 26.7 Å². The Bertz CT molecular complexity index is 1510. The van der Waals surface area contributed by atoms with Crippen LogP contribution >= 0.6 is 0 Å². The standard InChI is InChI=1S/C23H19F2N3O4S/c1-32-22-10-14-9-21(23(26)29)28(20(14)12-19(22)27-33(2,30)31)16-5-3-4-13(8-16)17-7-6-15(24)11-18(17)25/h3-12,27H,1-2H3,(H2,26,29). The van der Waals surface area contributed by atoms with Gasteiger partial charge in [-0.1, -0.05) is 12.1 Å². The number of nitrogens with zero attached hydrogens (tertiary/aromatic N) is 1. The van der Waals surface area contributed by atoms with E-state index in [1.807, 2.05) is 0 Å². The fraction of sp³-hybridized carbons (Fsp3) is 0.0870. The van der Waals surface area contributed by atoms with Gasteiger partial charge in [0.05, 0.1) is 24.6 Å².